The Balaban J connectivity index is 2.36. The Morgan fingerprint density at radius 3 is 2.35 bits per heavy atom. The first-order valence-electron chi connectivity index (χ1n) is 5.52. The quantitative estimate of drug-likeness (QED) is 0.823. The van der Waals surface area contributed by atoms with E-state index in [2.05, 4.69) is 0 Å². The van der Waals surface area contributed by atoms with Crippen LogP contribution in [0.4, 0.5) is 0 Å². The van der Waals surface area contributed by atoms with E-state index in [9.17, 15) is 4.79 Å². The summed E-state index contributed by atoms with van der Waals surface area (Å²) in [6, 6.07) is 9.16. The fraction of sp³-hybridized carbons (Fsp3) is 0.214. The van der Waals surface area contributed by atoms with Crippen LogP contribution in [0, 0.1) is 13.8 Å². The SMILES string of the molecule is Cc1cc(C)cc(C(=O)c2ccc(CN)o2)c1. The lowest BCUT2D eigenvalue weighted by atomic mass is 10.0. The molecule has 0 aliphatic carbocycles. The first kappa shape index (κ1) is 11.6. The average molecular weight is 229 g/mol. The largest absolute Gasteiger partial charge is 0.456 e. The van der Waals surface area contributed by atoms with Crippen LogP contribution in [0.1, 0.15) is 33.0 Å². The summed E-state index contributed by atoms with van der Waals surface area (Å²) in [5, 5.41) is 0. The molecule has 0 spiro atoms. The van der Waals surface area contributed by atoms with Crippen molar-refractivity contribution in [2.24, 2.45) is 5.73 Å². The van der Waals surface area contributed by atoms with Crippen molar-refractivity contribution in [3.63, 3.8) is 0 Å². The minimum Gasteiger partial charge on any atom is -0.456 e. The molecule has 0 unspecified atom stereocenters. The van der Waals surface area contributed by atoms with E-state index in [1.165, 1.54) is 0 Å². The summed E-state index contributed by atoms with van der Waals surface area (Å²) in [4.78, 5) is 12.1. The maximum atomic E-state index is 12.1. The van der Waals surface area contributed by atoms with Gasteiger partial charge in [-0.3, -0.25) is 4.79 Å². The summed E-state index contributed by atoms with van der Waals surface area (Å²) in [5.74, 6) is 0.865. The Hall–Kier alpha value is -1.87. The second-order valence-corrected chi connectivity index (χ2v) is 4.18. The summed E-state index contributed by atoms with van der Waals surface area (Å²) in [6.07, 6.45) is 0. The number of ketones is 1. The van der Waals surface area contributed by atoms with Crippen LogP contribution in [0.15, 0.2) is 34.7 Å². The molecule has 17 heavy (non-hydrogen) atoms. The standard InChI is InChI=1S/C14H15NO2/c1-9-5-10(2)7-11(6-9)14(16)13-4-3-12(8-15)17-13/h3-7H,8,15H2,1-2H3. The lowest BCUT2D eigenvalue weighted by molar-refractivity contribution is 0.101. The summed E-state index contributed by atoms with van der Waals surface area (Å²) < 4.78 is 5.35. The van der Waals surface area contributed by atoms with E-state index in [1.54, 1.807) is 12.1 Å². The van der Waals surface area contributed by atoms with Gasteiger partial charge in [-0.05, 0) is 38.1 Å². The minimum absolute atomic E-state index is 0.100. The van der Waals surface area contributed by atoms with Crippen molar-refractivity contribution in [2.45, 2.75) is 20.4 Å². The van der Waals surface area contributed by atoms with E-state index in [0.717, 1.165) is 11.1 Å². The van der Waals surface area contributed by atoms with Crippen molar-refractivity contribution in [3.8, 4) is 0 Å². The first-order chi connectivity index (χ1) is 8.10. The minimum atomic E-state index is -0.100. The van der Waals surface area contributed by atoms with Gasteiger partial charge in [0.25, 0.3) is 0 Å². The van der Waals surface area contributed by atoms with Gasteiger partial charge in [-0.15, -0.1) is 0 Å². The average Bonchev–Trinajstić information content (AvgIpc) is 2.75. The van der Waals surface area contributed by atoms with Crippen molar-refractivity contribution in [1.29, 1.82) is 0 Å². The van der Waals surface area contributed by atoms with Crippen molar-refractivity contribution < 1.29 is 9.21 Å². The van der Waals surface area contributed by atoms with Gasteiger partial charge in [-0.2, -0.15) is 0 Å². The van der Waals surface area contributed by atoms with Gasteiger partial charge in [0.2, 0.25) is 5.78 Å². The van der Waals surface area contributed by atoms with E-state index in [-0.39, 0.29) is 5.78 Å². The third-order valence-corrected chi connectivity index (χ3v) is 2.57. The highest BCUT2D eigenvalue weighted by molar-refractivity contribution is 6.07. The molecule has 0 saturated heterocycles. The van der Waals surface area contributed by atoms with Gasteiger partial charge in [0.05, 0.1) is 6.54 Å². The Kier molecular flexibility index (Phi) is 3.11. The van der Waals surface area contributed by atoms with Crippen LogP contribution in [0.25, 0.3) is 0 Å². The van der Waals surface area contributed by atoms with Gasteiger partial charge in [0, 0.05) is 5.56 Å². The van der Waals surface area contributed by atoms with E-state index in [0.29, 0.717) is 23.6 Å². The molecule has 2 aromatic rings. The first-order valence-corrected chi connectivity index (χ1v) is 5.52. The fourth-order valence-electron chi connectivity index (χ4n) is 1.86. The Morgan fingerprint density at radius 2 is 1.82 bits per heavy atom. The number of hydrogen-bond donors (Lipinski definition) is 1. The highest BCUT2D eigenvalue weighted by Gasteiger charge is 2.13. The monoisotopic (exact) mass is 229 g/mol. The van der Waals surface area contributed by atoms with Crippen LogP contribution in [0.2, 0.25) is 0 Å². The molecule has 0 bridgehead atoms. The molecule has 0 amide bonds. The molecule has 1 aromatic carbocycles. The number of rotatable bonds is 3. The molecule has 0 aliphatic rings. The molecule has 1 heterocycles. The molecular weight excluding hydrogens is 214 g/mol. The molecule has 2 N–H and O–H groups in total. The number of benzene rings is 1. The number of furan rings is 1. The van der Waals surface area contributed by atoms with Crippen molar-refractivity contribution in [2.75, 3.05) is 0 Å². The van der Waals surface area contributed by atoms with E-state index < -0.39 is 0 Å². The van der Waals surface area contributed by atoms with E-state index in [4.69, 9.17) is 10.2 Å². The maximum Gasteiger partial charge on any atom is 0.228 e. The molecular formula is C14H15NO2. The van der Waals surface area contributed by atoms with Crippen molar-refractivity contribution in [3.05, 3.63) is 58.5 Å². The number of aryl methyl sites for hydroxylation is 2. The third kappa shape index (κ3) is 2.45. The molecule has 3 nitrogen and oxygen atoms in total. The second-order valence-electron chi connectivity index (χ2n) is 4.18. The molecule has 0 saturated carbocycles. The van der Waals surface area contributed by atoms with Crippen molar-refractivity contribution in [1.82, 2.24) is 0 Å². The van der Waals surface area contributed by atoms with Crippen molar-refractivity contribution >= 4 is 5.78 Å². The number of nitrogens with two attached hydrogens (primary N) is 1. The molecule has 0 atom stereocenters. The third-order valence-electron chi connectivity index (χ3n) is 2.57. The molecule has 0 radical (unpaired) electrons. The van der Waals surface area contributed by atoms with Crippen LogP contribution < -0.4 is 5.73 Å². The molecule has 2 rings (SSSR count). The Morgan fingerprint density at radius 1 is 1.18 bits per heavy atom. The molecule has 1 aromatic heterocycles. The summed E-state index contributed by atoms with van der Waals surface area (Å²) in [5.41, 5.74) is 8.24. The predicted molar refractivity (Wildman–Crippen MR) is 65.9 cm³/mol. The van der Waals surface area contributed by atoms with E-state index >= 15 is 0 Å². The summed E-state index contributed by atoms with van der Waals surface area (Å²) >= 11 is 0. The zero-order chi connectivity index (χ0) is 12.4. The lowest BCUT2D eigenvalue weighted by Crippen LogP contribution is -2.01. The van der Waals surface area contributed by atoms with Gasteiger partial charge >= 0.3 is 0 Å². The number of hydrogen-bond acceptors (Lipinski definition) is 3. The summed E-state index contributed by atoms with van der Waals surface area (Å²) in [7, 11) is 0. The van der Waals surface area contributed by atoms with Gasteiger partial charge in [-0.1, -0.05) is 17.2 Å². The zero-order valence-electron chi connectivity index (χ0n) is 9.99. The van der Waals surface area contributed by atoms with Gasteiger partial charge in [0.15, 0.2) is 5.76 Å². The van der Waals surface area contributed by atoms with Gasteiger partial charge in [-0.25, -0.2) is 0 Å². The van der Waals surface area contributed by atoms with Crippen LogP contribution in [0.3, 0.4) is 0 Å². The highest BCUT2D eigenvalue weighted by Crippen LogP contribution is 2.16. The number of carbonyl (C=O) groups excluding carboxylic acids is 1. The van der Waals surface area contributed by atoms with Gasteiger partial charge in [0.1, 0.15) is 5.76 Å². The zero-order valence-corrected chi connectivity index (χ0v) is 9.99. The van der Waals surface area contributed by atoms with Crippen LogP contribution in [-0.4, -0.2) is 5.78 Å². The summed E-state index contributed by atoms with van der Waals surface area (Å²) in [6.45, 7) is 4.24. The molecule has 0 aliphatic heterocycles. The van der Waals surface area contributed by atoms with Crippen LogP contribution >= 0.6 is 0 Å². The van der Waals surface area contributed by atoms with Crippen LogP contribution in [0.5, 0.6) is 0 Å². The molecule has 3 heteroatoms. The maximum absolute atomic E-state index is 12.1. The predicted octanol–water partition coefficient (Wildman–Crippen LogP) is 2.59. The Labute approximate surface area is 100 Å². The highest BCUT2D eigenvalue weighted by atomic mass is 16.3. The number of carbonyl (C=O) groups is 1. The second kappa shape index (κ2) is 4.55. The lowest BCUT2D eigenvalue weighted by Gasteiger charge is -2.02. The topological polar surface area (TPSA) is 56.2 Å². The van der Waals surface area contributed by atoms with E-state index in [1.807, 2.05) is 32.0 Å². The smallest absolute Gasteiger partial charge is 0.228 e. The van der Waals surface area contributed by atoms with Crippen LogP contribution in [-0.2, 0) is 6.54 Å². The normalized spacial score (nSPS) is 10.5. The Bertz CT molecular complexity index is 535. The fourth-order valence-corrected chi connectivity index (χ4v) is 1.86. The molecule has 0 fully saturated rings. The molecule has 88 valence electrons. The van der Waals surface area contributed by atoms with Gasteiger partial charge < -0.3 is 10.2 Å².